The van der Waals surface area contributed by atoms with E-state index in [9.17, 15) is 24.0 Å². The second-order valence-corrected chi connectivity index (χ2v) is 13.8. The SMILES string of the molecule is Cc1ccc(NC(=O)c2ccc(N3CCN(Cc4ccc5c(c4)C(=O)N(C4CCC(=O)NC4=O)C5=O)CC3)cc2)cc1Nc1nccc(-c2cccnc2)n1. The number of benzene rings is 3. The Balaban J connectivity index is 0.849. The molecule has 1 atom stereocenters. The van der Waals surface area contributed by atoms with Crippen molar-refractivity contribution in [1.29, 1.82) is 0 Å². The van der Waals surface area contributed by atoms with E-state index in [2.05, 4.69) is 40.7 Å². The van der Waals surface area contributed by atoms with Crippen LogP contribution in [0.25, 0.3) is 11.3 Å². The molecule has 55 heavy (non-hydrogen) atoms. The van der Waals surface area contributed by atoms with Gasteiger partial charge < -0.3 is 15.5 Å². The molecule has 5 aromatic rings. The predicted molar refractivity (Wildman–Crippen MR) is 205 cm³/mol. The zero-order chi connectivity index (χ0) is 38.1. The Hall–Kier alpha value is -6.80. The Morgan fingerprint density at radius 3 is 2.44 bits per heavy atom. The number of carbonyl (C=O) groups excluding carboxylic acids is 5. The normalized spacial score (nSPS) is 17.2. The summed E-state index contributed by atoms with van der Waals surface area (Å²) in [5.41, 5.74) is 7.00. The summed E-state index contributed by atoms with van der Waals surface area (Å²) >= 11 is 0. The van der Waals surface area contributed by atoms with Gasteiger partial charge >= 0.3 is 0 Å². The number of imide groups is 2. The van der Waals surface area contributed by atoms with Crippen molar-refractivity contribution < 1.29 is 24.0 Å². The van der Waals surface area contributed by atoms with Gasteiger partial charge in [0.15, 0.2) is 0 Å². The number of fused-ring (bicyclic) bond motifs is 1. The minimum atomic E-state index is -0.987. The predicted octanol–water partition coefficient (Wildman–Crippen LogP) is 4.57. The standard InChI is InChI=1S/C41H37N9O5/c1-25-4-8-29(22-34(25)46-41-43-16-14-33(45-41)28-3-2-15-42-23-28)44-37(52)27-6-9-30(10-7-27)49-19-17-48(18-20-49)24-26-5-11-31-32(21-26)40(55)50(39(31)54)35-12-13-36(51)47-38(35)53/h2-11,14-16,21-23,35H,12-13,17-20,24H2,1H3,(H,44,52)(H,43,45,46)(H,47,51,53). The summed E-state index contributed by atoms with van der Waals surface area (Å²) in [6.07, 6.45) is 5.35. The molecule has 3 aliphatic heterocycles. The van der Waals surface area contributed by atoms with Crippen LogP contribution in [0.5, 0.6) is 0 Å². The zero-order valence-corrected chi connectivity index (χ0v) is 30.0. The van der Waals surface area contributed by atoms with E-state index in [4.69, 9.17) is 0 Å². The maximum Gasteiger partial charge on any atom is 0.262 e. The van der Waals surface area contributed by atoms with Gasteiger partial charge in [0.25, 0.3) is 17.7 Å². The van der Waals surface area contributed by atoms with E-state index in [0.717, 1.165) is 64.8 Å². The molecule has 276 valence electrons. The lowest BCUT2D eigenvalue weighted by Crippen LogP contribution is -2.54. The van der Waals surface area contributed by atoms with Crippen LogP contribution in [-0.2, 0) is 16.1 Å². The number of pyridine rings is 1. The molecule has 0 radical (unpaired) electrons. The third-order valence-electron chi connectivity index (χ3n) is 10.1. The number of aromatic nitrogens is 3. The topological polar surface area (TPSA) is 170 Å². The van der Waals surface area contributed by atoms with Gasteiger partial charge in [0.1, 0.15) is 6.04 Å². The molecule has 5 amide bonds. The molecule has 2 fully saturated rings. The molecule has 3 aliphatic rings. The number of amides is 5. The van der Waals surface area contributed by atoms with Crippen molar-refractivity contribution in [1.82, 2.24) is 30.1 Å². The first kappa shape index (κ1) is 35.2. The summed E-state index contributed by atoms with van der Waals surface area (Å²) < 4.78 is 0. The van der Waals surface area contributed by atoms with Crippen molar-refractivity contribution in [3.63, 3.8) is 0 Å². The van der Waals surface area contributed by atoms with Crippen LogP contribution >= 0.6 is 0 Å². The van der Waals surface area contributed by atoms with E-state index in [0.29, 0.717) is 23.7 Å². The molecule has 5 heterocycles. The number of nitrogens with zero attached hydrogens (tertiary/aromatic N) is 6. The molecular weight excluding hydrogens is 699 g/mol. The van der Waals surface area contributed by atoms with Gasteiger partial charge in [-0.25, -0.2) is 9.97 Å². The van der Waals surface area contributed by atoms with Gasteiger partial charge in [-0.2, -0.15) is 0 Å². The molecule has 0 spiro atoms. The van der Waals surface area contributed by atoms with Crippen LogP contribution in [0.2, 0.25) is 0 Å². The average molecular weight is 736 g/mol. The lowest BCUT2D eigenvalue weighted by molar-refractivity contribution is -0.136. The monoisotopic (exact) mass is 735 g/mol. The van der Waals surface area contributed by atoms with Gasteiger partial charge in [0.2, 0.25) is 17.8 Å². The van der Waals surface area contributed by atoms with Crippen molar-refractivity contribution in [3.05, 3.63) is 125 Å². The Labute approximate surface area is 316 Å². The molecule has 0 aliphatic carbocycles. The minimum absolute atomic E-state index is 0.0794. The summed E-state index contributed by atoms with van der Waals surface area (Å²) in [5, 5.41) is 8.50. The number of piperidine rings is 1. The molecule has 8 rings (SSSR count). The lowest BCUT2D eigenvalue weighted by Gasteiger charge is -2.36. The average Bonchev–Trinajstić information content (AvgIpc) is 3.44. The number of aryl methyl sites for hydroxylation is 1. The Kier molecular flexibility index (Phi) is 9.55. The van der Waals surface area contributed by atoms with E-state index < -0.39 is 29.7 Å². The molecule has 1 unspecified atom stereocenters. The smallest absolute Gasteiger partial charge is 0.262 e. The molecular formula is C41H37N9O5. The molecule has 2 aromatic heterocycles. The Morgan fingerprint density at radius 1 is 0.873 bits per heavy atom. The van der Waals surface area contributed by atoms with Crippen molar-refractivity contribution in [2.24, 2.45) is 0 Å². The number of hydrogen-bond donors (Lipinski definition) is 3. The van der Waals surface area contributed by atoms with Crippen molar-refractivity contribution in [3.8, 4) is 11.3 Å². The summed E-state index contributed by atoms with van der Waals surface area (Å²) in [5.74, 6) is -1.83. The van der Waals surface area contributed by atoms with Crippen LogP contribution in [0.15, 0.2) is 97.5 Å². The van der Waals surface area contributed by atoms with Crippen LogP contribution in [0.3, 0.4) is 0 Å². The maximum atomic E-state index is 13.3. The van der Waals surface area contributed by atoms with E-state index in [-0.39, 0.29) is 29.9 Å². The summed E-state index contributed by atoms with van der Waals surface area (Å²) in [7, 11) is 0. The quantitative estimate of drug-likeness (QED) is 0.181. The second-order valence-electron chi connectivity index (χ2n) is 13.8. The fraction of sp³-hybridized carbons (Fsp3) is 0.220. The van der Waals surface area contributed by atoms with Gasteiger partial charge in [-0.3, -0.25) is 44.1 Å². The van der Waals surface area contributed by atoms with Crippen molar-refractivity contribution >= 4 is 52.5 Å². The molecule has 14 heteroatoms. The number of rotatable bonds is 9. The van der Waals surface area contributed by atoms with Crippen LogP contribution < -0.4 is 20.9 Å². The number of carbonyl (C=O) groups is 5. The number of nitrogens with one attached hydrogen (secondary N) is 3. The highest BCUT2D eigenvalue weighted by Gasteiger charge is 2.44. The number of piperazine rings is 1. The lowest BCUT2D eigenvalue weighted by atomic mass is 10.0. The van der Waals surface area contributed by atoms with Gasteiger partial charge in [-0.05, 0) is 91.2 Å². The molecule has 14 nitrogen and oxygen atoms in total. The summed E-state index contributed by atoms with van der Waals surface area (Å²) in [6, 6.07) is 23.1. The highest BCUT2D eigenvalue weighted by molar-refractivity contribution is 6.23. The Morgan fingerprint density at radius 2 is 1.67 bits per heavy atom. The second kappa shape index (κ2) is 14.9. The van der Waals surface area contributed by atoms with Gasteiger partial charge in [0.05, 0.1) is 16.8 Å². The van der Waals surface area contributed by atoms with E-state index in [1.54, 1.807) is 30.7 Å². The Bertz CT molecular complexity index is 2330. The fourth-order valence-electron chi connectivity index (χ4n) is 7.11. The van der Waals surface area contributed by atoms with Gasteiger partial charge in [0, 0.05) is 85.9 Å². The maximum absolute atomic E-state index is 13.3. The van der Waals surface area contributed by atoms with Crippen LogP contribution in [0, 0.1) is 6.92 Å². The third-order valence-corrected chi connectivity index (χ3v) is 10.1. The molecule has 3 N–H and O–H groups in total. The summed E-state index contributed by atoms with van der Waals surface area (Å²) in [6.45, 7) is 5.65. The van der Waals surface area contributed by atoms with Crippen LogP contribution in [-0.4, -0.2) is 86.5 Å². The van der Waals surface area contributed by atoms with Crippen molar-refractivity contribution in [2.75, 3.05) is 41.7 Å². The number of hydrogen-bond acceptors (Lipinski definition) is 11. The van der Waals surface area contributed by atoms with Crippen molar-refractivity contribution in [2.45, 2.75) is 32.4 Å². The first-order chi connectivity index (χ1) is 26.7. The fourth-order valence-corrected chi connectivity index (χ4v) is 7.11. The third kappa shape index (κ3) is 7.39. The van der Waals surface area contributed by atoms with Crippen LogP contribution in [0.4, 0.5) is 23.0 Å². The highest BCUT2D eigenvalue weighted by Crippen LogP contribution is 2.30. The van der Waals surface area contributed by atoms with Crippen LogP contribution in [0.1, 0.15) is 55.0 Å². The molecule has 0 bridgehead atoms. The highest BCUT2D eigenvalue weighted by atomic mass is 16.2. The number of anilines is 4. The van der Waals surface area contributed by atoms with E-state index >= 15 is 0 Å². The molecule has 0 saturated carbocycles. The first-order valence-corrected chi connectivity index (χ1v) is 18.0. The van der Waals surface area contributed by atoms with E-state index in [1.807, 2.05) is 73.7 Å². The molecule has 2 saturated heterocycles. The molecule has 3 aromatic carbocycles. The first-order valence-electron chi connectivity index (χ1n) is 18.0. The summed E-state index contributed by atoms with van der Waals surface area (Å²) in [4.78, 5) is 82.3. The van der Waals surface area contributed by atoms with E-state index in [1.165, 1.54) is 0 Å². The largest absolute Gasteiger partial charge is 0.369 e. The zero-order valence-electron chi connectivity index (χ0n) is 30.0. The van der Waals surface area contributed by atoms with Gasteiger partial charge in [-0.15, -0.1) is 0 Å². The van der Waals surface area contributed by atoms with Gasteiger partial charge in [-0.1, -0.05) is 12.1 Å². The minimum Gasteiger partial charge on any atom is -0.369 e.